The van der Waals surface area contributed by atoms with Crippen LogP contribution in [-0.4, -0.2) is 30.9 Å². The molecule has 8 heteroatoms. The maximum Gasteiger partial charge on any atom is 0.244 e. The fraction of sp³-hybridized carbons (Fsp3) is 0.200. The normalized spacial score (nSPS) is 17.3. The number of halogens is 2. The molecule has 0 saturated heterocycles. The third kappa shape index (κ3) is 3.31. The number of rotatable bonds is 4. The van der Waals surface area contributed by atoms with Crippen molar-refractivity contribution in [1.29, 1.82) is 0 Å². The third-order valence-corrected chi connectivity index (χ3v) is 7.36. The lowest BCUT2D eigenvalue weighted by atomic mass is 10.0. The first-order chi connectivity index (χ1) is 13.4. The Labute approximate surface area is 174 Å². The quantitative estimate of drug-likeness (QED) is 0.600. The predicted octanol–water partition coefficient (Wildman–Crippen LogP) is 4.60. The second-order valence-electron chi connectivity index (χ2n) is 6.49. The van der Waals surface area contributed by atoms with Gasteiger partial charge < -0.3 is 9.30 Å². The highest BCUT2D eigenvalue weighted by Crippen LogP contribution is 2.40. The molecule has 3 aromatic rings. The minimum Gasteiger partial charge on any atom is -0.497 e. The SMILES string of the molecule is COc1ccc(S(=O)(=O)N2CCn3cccc3C2c2ccc(Cl)cc2Cl)cc1. The van der Waals surface area contributed by atoms with Crippen LogP contribution in [0, 0.1) is 0 Å². The van der Waals surface area contributed by atoms with Crippen LogP contribution < -0.4 is 4.74 Å². The molecule has 146 valence electrons. The van der Waals surface area contributed by atoms with E-state index in [1.54, 1.807) is 49.6 Å². The van der Waals surface area contributed by atoms with Crippen molar-refractivity contribution in [2.24, 2.45) is 0 Å². The van der Waals surface area contributed by atoms with Crippen LogP contribution in [-0.2, 0) is 16.6 Å². The lowest BCUT2D eigenvalue weighted by molar-refractivity contribution is 0.298. The van der Waals surface area contributed by atoms with Gasteiger partial charge in [-0.3, -0.25) is 0 Å². The topological polar surface area (TPSA) is 51.5 Å². The number of methoxy groups -OCH3 is 1. The van der Waals surface area contributed by atoms with Crippen molar-refractivity contribution in [2.75, 3.05) is 13.7 Å². The molecule has 5 nitrogen and oxygen atoms in total. The molecule has 1 aromatic heterocycles. The fourth-order valence-electron chi connectivity index (χ4n) is 3.54. The molecule has 0 radical (unpaired) electrons. The third-order valence-electron chi connectivity index (χ3n) is 4.92. The Morgan fingerprint density at radius 2 is 1.79 bits per heavy atom. The summed E-state index contributed by atoms with van der Waals surface area (Å²) < 4.78 is 35.7. The van der Waals surface area contributed by atoms with Crippen LogP contribution in [0.15, 0.2) is 65.7 Å². The zero-order valence-corrected chi connectivity index (χ0v) is 17.4. The summed E-state index contributed by atoms with van der Waals surface area (Å²) in [6, 6.07) is 14.8. The monoisotopic (exact) mass is 436 g/mol. The molecule has 28 heavy (non-hydrogen) atoms. The maximum atomic E-state index is 13.5. The second-order valence-corrected chi connectivity index (χ2v) is 9.22. The first-order valence-electron chi connectivity index (χ1n) is 8.67. The van der Waals surface area contributed by atoms with Crippen molar-refractivity contribution in [3.63, 3.8) is 0 Å². The summed E-state index contributed by atoms with van der Waals surface area (Å²) in [5.41, 5.74) is 1.57. The van der Waals surface area contributed by atoms with Gasteiger partial charge in [-0.15, -0.1) is 0 Å². The van der Waals surface area contributed by atoms with Crippen LogP contribution in [0.5, 0.6) is 5.75 Å². The van der Waals surface area contributed by atoms with Crippen LogP contribution in [0.1, 0.15) is 17.3 Å². The molecule has 0 spiro atoms. The minimum atomic E-state index is -3.76. The van der Waals surface area contributed by atoms with Crippen molar-refractivity contribution in [2.45, 2.75) is 17.5 Å². The van der Waals surface area contributed by atoms with Crippen molar-refractivity contribution in [1.82, 2.24) is 8.87 Å². The van der Waals surface area contributed by atoms with Gasteiger partial charge in [0.2, 0.25) is 10.0 Å². The van der Waals surface area contributed by atoms with Gasteiger partial charge in [0.15, 0.2) is 0 Å². The lowest BCUT2D eigenvalue weighted by Crippen LogP contribution is -2.42. The largest absolute Gasteiger partial charge is 0.497 e. The fourth-order valence-corrected chi connectivity index (χ4v) is 5.63. The zero-order valence-electron chi connectivity index (χ0n) is 15.0. The molecule has 1 aliphatic rings. The molecule has 0 saturated carbocycles. The Balaban J connectivity index is 1.84. The van der Waals surface area contributed by atoms with E-state index >= 15 is 0 Å². The van der Waals surface area contributed by atoms with E-state index in [0.717, 1.165) is 5.69 Å². The minimum absolute atomic E-state index is 0.211. The van der Waals surface area contributed by atoms with Crippen molar-refractivity contribution < 1.29 is 13.2 Å². The predicted molar refractivity (Wildman–Crippen MR) is 110 cm³/mol. The van der Waals surface area contributed by atoms with Gasteiger partial charge in [-0.2, -0.15) is 4.31 Å². The van der Waals surface area contributed by atoms with E-state index in [0.29, 0.717) is 34.4 Å². The maximum absolute atomic E-state index is 13.5. The van der Waals surface area contributed by atoms with E-state index in [1.165, 1.54) is 4.31 Å². The molecule has 0 N–H and O–H groups in total. The number of benzene rings is 2. The van der Waals surface area contributed by atoms with Crippen molar-refractivity contribution in [3.05, 3.63) is 82.1 Å². The van der Waals surface area contributed by atoms with E-state index < -0.39 is 16.1 Å². The molecular weight excluding hydrogens is 419 g/mol. The first-order valence-corrected chi connectivity index (χ1v) is 10.9. The molecule has 1 atom stereocenters. The summed E-state index contributed by atoms with van der Waals surface area (Å²) >= 11 is 12.5. The highest BCUT2D eigenvalue weighted by molar-refractivity contribution is 7.89. The van der Waals surface area contributed by atoms with E-state index in [9.17, 15) is 8.42 Å². The molecule has 1 unspecified atom stereocenters. The van der Waals surface area contributed by atoms with Crippen molar-refractivity contribution in [3.8, 4) is 5.75 Å². The number of hydrogen-bond acceptors (Lipinski definition) is 3. The van der Waals surface area contributed by atoms with E-state index in [2.05, 4.69) is 4.57 Å². The smallest absolute Gasteiger partial charge is 0.244 e. The van der Waals surface area contributed by atoms with Gasteiger partial charge >= 0.3 is 0 Å². The number of hydrogen-bond donors (Lipinski definition) is 0. The summed E-state index contributed by atoms with van der Waals surface area (Å²) in [6.07, 6.45) is 1.95. The number of sulfonamides is 1. The Morgan fingerprint density at radius 3 is 2.46 bits per heavy atom. The van der Waals surface area contributed by atoms with Gasteiger partial charge in [0.05, 0.1) is 18.0 Å². The van der Waals surface area contributed by atoms with Crippen LogP contribution in [0.25, 0.3) is 0 Å². The van der Waals surface area contributed by atoms with E-state index in [4.69, 9.17) is 27.9 Å². The molecule has 0 bridgehead atoms. The molecule has 0 amide bonds. The summed E-state index contributed by atoms with van der Waals surface area (Å²) in [5.74, 6) is 0.601. The number of fused-ring (bicyclic) bond motifs is 1. The second kappa shape index (κ2) is 7.44. The Morgan fingerprint density at radius 1 is 1.04 bits per heavy atom. The molecule has 2 aromatic carbocycles. The Bertz CT molecular complexity index is 1110. The summed E-state index contributed by atoms with van der Waals surface area (Å²) in [7, 11) is -2.22. The zero-order chi connectivity index (χ0) is 19.9. The van der Waals surface area contributed by atoms with Gasteiger partial charge in [-0.25, -0.2) is 8.42 Å². The van der Waals surface area contributed by atoms with Gasteiger partial charge in [0, 0.05) is 35.0 Å². The highest BCUT2D eigenvalue weighted by atomic mass is 35.5. The Hall–Kier alpha value is -1.99. The number of aromatic nitrogens is 1. The molecule has 2 heterocycles. The molecule has 0 aliphatic carbocycles. The summed E-state index contributed by atoms with van der Waals surface area (Å²) in [6.45, 7) is 0.902. The van der Waals surface area contributed by atoms with E-state index in [1.807, 2.05) is 18.3 Å². The molecule has 1 aliphatic heterocycles. The average Bonchev–Trinajstić information content (AvgIpc) is 3.16. The Kier molecular flexibility index (Phi) is 5.14. The van der Waals surface area contributed by atoms with Gasteiger partial charge in [-0.05, 0) is 54.1 Å². The van der Waals surface area contributed by atoms with Gasteiger partial charge in [0.1, 0.15) is 5.75 Å². The summed E-state index contributed by atoms with van der Waals surface area (Å²) in [5, 5.41) is 0.937. The van der Waals surface area contributed by atoms with Crippen LogP contribution >= 0.6 is 23.2 Å². The number of ether oxygens (including phenoxy) is 1. The average molecular weight is 437 g/mol. The van der Waals surface area contributed by atoms with Crippen LogP contribution in [0.2, 0.25) is 10.0 Å². The van der Waals surface area contributed by atoms with Crippen LogP contribution in [0.4, 0.5) is 0 Å². The molecule has 4 rings (SSSR count). The summed E-state index contributed by atoms with van der Waals surface area (Å²) in [4.78, 5) is 0.211. The number of nitrogens with zero attached hydrogens (tertiary/aromatic N) is 2. The first kappa shape index (κ1) is 19.3. The van der Waals surface area contributed by atoms with Gasteiger partial charge in [-0.1, -0.05) is 29.3 Å². The van der Waals surface area contributed by atoms with E-state index in [-0.39, 0.29) is 4.90 Å². The highest BCUT2D eigenvalue weighted by Gasteiger charge is 2.38. The lowest BCUT2D eigenvalue weighted by Gasteiger charge is -2.36. The molecule has 0 fully saturated rings. The van der Waals surface area contributed by atoms with Crippen molar-refractivity contribution >= 4 is 33.2 Å². The standard InChI is InChI=1S/C20H18Cl2N2O3S/c1-27-15-5-7-16(8-6-15)28(25,26)24-12-11-23-10-2-3-19(23)20(24)17-9-4-14(21)13-18(17)22/h2-10,13,20H,11-12H2,1H3. The molecular formula is C20H18Cl2N2O3S. The van der Waals surface area contributed by atoms with Crippen LogP contribution in [0.3, 0.4) is 0 Å². The van der Waals surface area contributed by atoms with Gasteiger partial charge in [0.25, 0.3) is 0 Å².